The molecule has 0 bridgehead atoms. The molecule has 0 fully saturated rings. The summed E-state index contributed by atoms with van der Waals surface area (Å²) in [6, 6.07) is 12.8. The third-order valence-electron chi connectivity index (χ3n) is 3.33. The minimum Gasteiger partial charge on any atom is -0.385 e. The number of hydrogen-bond acceptors (Lipinski definition) is 3. The summed E-state index contributed by atoms with van der Waals surface area (Å²) < 4.78 is 1.12. The molecule has 0 radical (unpaired) electrons. The van der Waals surface area contributed by atoms with Gasteiger partial charge in [-0.15, -0.1) is 11.3 Å². The second-order valence-electron chi connectivity index (χ2n) is 4.74. The Morgan fingerprint density at radius 3 is 2.75 bits per heavy atom. The number of aromatic nitrogens is 1. The van der Waals surface area contributed by atoms with E-state index < -0.39 is 0 Å². The van der Waals surface area contributed by atoms with E-state index in [0.29, 0.717) is 0 Å². The molecule has 0 aliphatic heterocycles. The van der Waals surface area contributed by atoms with Gasteiger partial charge in [0.15, 0.2) is 0 Å². The molecule has 1 N–H and O–H groups in total. The van der Waals surface area contributed by atoms with E-state index >= 15 is 0 Å². The van der Waals surface area contributed by atoms with Crippen LogP contribution >= 0.6 is 27.3 Å². The molecule has 0 spiro atoms. The molecule has 0 saturated heterocycles. The van der Waals surface area contributed by atoms with Gasteiger partial charge in [-0.1, -0.05) is 28.1 Å². The summed E-state index contributed by atoms with van der Waals surface area (Å²) in [5.74, 6) is 0. The topological polar surface area (TPSA) is 24.9 Å². The lowest BCUT2D eigenvalue weighted by atomic mass is 10.1. The van der Waals surface area contributed by atoms with Gasteiger partial charge in [0, 0.05) is 28.0 Å². The van der Waals surface area contributed by atoms with Crippen molar-refractivity contribution in [3.05, 3.63) is 57.0 Å². The van der Waals surface area contributed by atoms with E-state index in [1.54, 1.807) is 11.3 Å². The molecule has 1 heterocycles. The number of anilines is 1. The first kappa shape index (κ1) is 13.6. The van der Waals surface area contributed by atoms with Gasteiger partial charge in [0.25, 0.3) is 0 Å². The summed E-state index contributed by atoms with van der Waals surface area (Å²) in [5.41, 5.74) is 4.24. The van der Waals surface area contributed by atoms with Crippen LogP contribution < -0.4 is 5.32 Å². The Morgan fingerprint density at radius 1 is 1.15 bits per heavy atom. The molecule has 0 amide bonds. The van der Waals surface area contributed by atoms with Crippen molar-refractivity contribution in [1.82, 2.24) is 4.98 Å². The number of nitrogens with zero attached hydrogens (tertiary/aromatic N) is 1. The lowest BCUT2D eigenvalue weighted by molar-refractivity contribution is 1.02. The number of fused-ring (bicyclic) bond motifs is 1. The minimum atomic E-state index is 0.936. The summed E-state index contributed by atoms with van der Waals surface area (Å²) in [7, 11) is 0. The standard InChI is InChI=1S/C16H15BrN2S/c1-11-16(20-10-19-11)6-7-18-15-5-3-12-8-14(17)4-2-13(12)9-15/h2-5,8-10,18H,6-7H2,1H3. The van der Waals surface area contributed by atoms with Crippen molar-refractivity contribution in [2.45, 2.75) is 13.3 Å². The van der Waals surface area contributed by atoms with Gasteiger partial charge in [0.1, 0.15) is 0 Å². The molecular weight excluding hydrogens is 332 g/mol. The van der Waals surface area contributed by atoms with Crippen LogP contribution in [0.1, 0.15) is 10.6 Å². The number of rotatable bonds is 4. The van der Waals surface area contributed by atoms with Gasteiger partial charge in [0.05, 0.1) is 11.2 Å². The first-order chi connectivity index (χ1) is 9.72. The fraction of sp³-hybridized carbons (Fsp3) is 0.188. The zero-order valence-corrected chi connectivity index (χ0v) is 13.6. The van der Waals surface area contributed by atoms with Crippen molar-refractivity contribution in [2.75, 3.05) is 11.9 Å². The number of thiazole rings is 1. The van der Waals surface area contributed by atoms with Crippen LogP contribution in [0.5, 0.6) is 0 Å². The Balaban J connectivity index is 1.68. The fourth-order valence-electron chi connectivity index (χ4n) is 2.21. The van der Waals surface area contributed by atoms with Crippen LogP contribution in [0.3, 0.4) is 0 Å². The van der Waals surface area contributed by atoms with Crippen molar-refractivity contribution in [3.8, 4) is 0 Å². The molecule has 0 aliphatic rings. The average Bonchev–Trinajstić information content (AvgIpc) is 2.85. The van der Waals surface area contributed by atoms with E-state index in [9.17, 15) is 0 Å². The van der Waals surface area contributed by atoms with Gasteiger partial charge < -0.3 is 5.32 Å². The molecule has 3 rings (SSSR count). The van der Waals surface area contributed by atoms with Crippen LogP contribution in [0.2, 0.25) is 0 Å². The van der Waals surface area contributed by atoms with Crippen LogP contribution in [-0.4, -0.2) is 11.5 Å². The molecule has 4 heteroatoms. The predicted octanol–water partition coefficient (Wildman–Crippen LogP) is 5.02. The van der Waals surface area contributed by atoms with Crippen LogP contribution in [0.4, 0.5) is 5.69 Å². The summed E-state index contributed by atoms with van der Waals surface area (Å²) in [4.78, 5) is 5.64. The maximum absolute atomic E-state index is 4.28. The summed E-state index contributed by atoms with van der Waals surface area (Å²) >= 11 is 5.23. The van der Waals surface area contributed by atoms with E-state index in [0.717, 1.165) is 23.1 Å². The Hall–Kier alpha value is -1.39. The highest BCUT2D eigenvalue weighted by Crippen LogP contribution is 2.23. The van der Waals surface area contributed by atoms with Gasteiger partial charge in [-0.05, 0) is 42.0 Å². The van der Waals surface area contributed by atoms with Crippen molar-refractivity contribution >= 4 is 43.7 Å². The molecule has 102 valence electrons. The zero-order valence-electron chi connectivity index (χ0n) is 11.2. The molecule has 2 aromatic carbocycles. The van der Waals surface area contributed by atoms with E-state index in [-0.39, 0.29) is 0 Å². The van der Waals surface area contributed by atoms with Crippen molar-refractivity contribution in [2.24, 2.45) is 0 Å². The lowest BCUT2D eigenvalue weighted by Crippen LogP contribution is -2.04. The molecule has 0 saturated carbocycles. The van der Waals surface area contributed by atoms with Crippen LogP contribution in [-0.2, 0) is 6.42 Å². The average molecular weight is 347 g/mol. The number of aryl methyl sites for hydroxylation is 1. The van der Waals surface area contributed by atoms with Crippen LogP contribution in [0.25, 0.3) is 10.8 Å². The van der Waals surface area contributed by atoms with Crippen molar-refractivity contribution < 1.29 is 0 Å². The highest BCUT2D eigenvalue weighted by atomic mass is 79.9. The van der Waals surface area contributed by atoms with E-state index in [4.69, 9.17) is 0 Å². The second-order valence-corrected chi connectivity index (χ2v) is 6.60. The molecular formula is C16H15BrN2S. The molecule has 2 nitrogen and oxygen atoms in total. The number of nitrogens with one attached hydrogen (secondary N) is 1. The quantitative estimate of drug-likeness (QED) is 0.717. The highest BCUT2D eigenvalue weighted by Gasteiger charge is 2.01. The van der Waals surface area contributed by atoms with Crippen LogP contribution in [0.15, 0.2) is 46.4 Å². The maximum atomic E-state index is 4.28. The largest absolute Gasteiger partial charge is 0.385 e. The van der Waals surface area contributed by atoms with Crippen molar-refractivity contribution in [1.29, 1.82) is 0 Å². The van der Waals surface area contributed by atoms with E-state index in [1.165, 1.54) is 21.3 Å². The van der Waals surface area contributed by atoms with Gasteiger partial charge in [0.2, 0.25) is 0 Å². The first-order valence-corrected chi connectivity index (χ1v) is 8.22. The number of halogens is 1. The van der Waals surface area contributed by atoms with Crippen molar-refractivity contribution in [3.63, 3.8) is 0 Å². The van der Waals surface area contributed by atoms with E-state index in [1.807, 2.05) is 5.51 Å². The molecule has 3 aromatic rings. The fourth-order valence-corrected chi connectivity index (χ4v) is 3.37. The SMILES string of the molecule is Cc1ncsc1CCNc1ccc2cc(Br)ccc2c1. The van der Waals surface area contributed by atoms with E-state index in [2.05, 4.69) is 69.6 Å². The van der Waals surface area contributed by atoms with Gasteiger partial charge >= 0.3 is 0 Å². The summed E-state index contributed by atoms with van der Waals surface area (Å²) in [5, 5.41) is 5.99. The third-order valence-corrected chi connectivity index (χ3v) is 4.82. The zero-order chi connectivity index (χ0) is 13.9. The Labute approximate surface area is 131 Å². The molecule has 20 heavy (non-hydrogen) atoms. The van der Waals surface area contributed by atoms with Crippen LogP contribution in [0, 0.1) is 6.92 Å². The lowest BCUT2D eigenvalue weighted by Gasteiger charge is -2.07. The molecule has 0 aliphatic carbocycles. The monoisotopic (exact) mass is 346 g/mol. The normalized spacial score (nSPS) is 10.9. The van der Waals surface area contributed by atoms with Gasteiger partial charge in [-0.2, -0.15) is 0 Å². The van der Waals surface area contributed by atoms with Gasteiger partial charge in [-0.3, -0.25) is 0 Å². The maximum Gasteiger partial charge on any atom is 0.0797 e. The Morgan fingerprint density at radius 2 is 1.95 bits per heavy atom. The summed E-state index contributed by atoms with van der Waals surface area (Å²) in [6.45, 7) is 3.00. The minimum absolute atomic E-state index is 0.936. The molecule has 0 unspecified atom stereocenters. The smallest absolute Gasteiger partial charge is 0.0797 e. The number of benzene rings is 2. The molecule has 0 atom stereocenters. The second kappa shape index (κ2) is 5.94. The molecule has 1 aromatic heterocycles. The summed E-state index contributed by atoms with van der Waals surface area (Å²) in [6.07, 6.45) is 1.02. The number of hydrogen-bond donors (Lipinski definition) is 1. The van der Waals surface area contributed by atoms with Gasteiger partial charge in [-0.25, -0.2) is 4.98 Å². The first-order valence-electron chi connectivity index (χ1n) is 6.54. The Kier molecular flexibility index (Phi) is 4.03. The third kappa shape index (κ3) is 3.02. The highest BCUT2D eigenvalue weighted by molar-refractivity contribution is 9.10. The Bertz CT molecular complexity index is 736. The predicted molar refractivity (Wildman–Crippen MR) is 90.7 cm³/mol.